The first-order valence-corrected chi connectivity index (χ1v) is 9.01. The number of ketones is 1. The number of nitrogens with zero attached hydrogens (tertiary/aromatic N) is 2. The molecule has 0 aliphatic carbocycles. The predicted octanol–water partition coefficient (Wildman–Crippen LogP) is 4.40. The summed E-state index contributed by atoms with van der Waals surface area (Å²) in [7, 11) is 0. The fourth-order valence-electron chi connectivity index (χ4n) is 3.29. The Bertz CT molecular complexity index is 1150. The summed E-state index contributed by atoms with van der Waals surface area (Å²) in [6.45, 7) is 1.62. The van der Waals surface area contributed by atoms with Gasteiger partial charge in [0.25, 0.3) is 5.78 Å². The number of hydrogen-bond donors (Lipinski definition) is 1. The van der Waals surface area contributed by atoms with Crippen molar-refractivity contribution in [3.05, 3.63) is 87.9 Å². The second kappa shape index (κ2) is 7.18. The highest BCUT2D eigenvalue weighted by atomic mass is 35.5. The quantitative estimate of drug-likeness (QED) is 0.391. The summed E-state index contributed by atoms with van der Waals surface area (Å²) < 4.78 is 19.7. The van der Waals surface area contributed by atoms with Gasteiger partial charge in [0.15, 0.2) is 5.82 Å². The largest absolute Gasteiger partial charge is 0.507 e. The van der Waals surface area contributed by atoms with Gasteiger partial charge in [-0.15, -0.1) is 0 Å². The van der Waals surface area contributed by atoms with Crippen molar-refractivity contribution < 1.29 is 23.6 Å². The third-order valence-electron chi connectivity index (χ3n) is 4.62. The van der Waals surface area contributed by atoms with E-state index in [1.54, 1.807) is 13.0 Å². The minimum absolute atomic E-state index is 0.0443. The molecule has 1 fully saturated rings. The highest BCUT2D eigenvalue weighted by Crippen LogP contribution is 2.42. The molecule has 1 N–H and O–H groups in total. The van der Waals surface area contributed by atoms with Crippen molar-refractivity contribution in [1.29, 1.82) is 0 Å². The van der Waals surface area contributed by atoms with Gasteiger partial charge in [-0.3, -0.25) is 14.5 Å². The molecule has 0 bridgehead atoms. The van der Waals surface area contributed by atoms with Crippen LogP contribution in [0, 0.1) is 12.7 Å². The van der Waals surface area contributed by atoms with E-state index in [1.165, 1.54) is 48.5 Å². The first kappa shape index (κ1) is 18.9. The van der Waals surface area contributed by atoms with Crippen LogP contribution in [0.15, 0.2) is 64.7 Å². The molecule has 0 saturated carbocycles. The fraction of sp³-hybridized carbons (Fsp3) is 0.0952. The van der Waals surface area contributed by atoms with Crippen LogP contribution in [0.3, 0.4) is 0 Å². The Hall–Kier alpha value is -3.45. The molecule has 6 nitrogen and oxygen atoms in total. The number of carbonyl (C=O) groups is 2. The molecule has 0 spiro atoms. The molecule has 1 saturated heterocycles. The second-order valence-corrected chi connectivity index (χ2v) is 6.93. The molecule has 3 aromatic rings. The number of amides is 1. The van der Waals surface area contributed by atoms with Crippen molar-refractivity contribution in [2.75, 3.05) is 4.90 Å². The number of aryl methyl sites for hydroxylation is 1. The molecule has 4 rings (SSSR count). The SMILES string of the molecule is Cc1cc(N2C(=O)C(=O)C(=C(O)c3ccc(Cl)cc3)[C@H]2c2ccccc2F)no1. The van der Waals surface area contributed by atoms with Crippen molar-refractivity contribution in [3.63, 3.8) is 0 Å². The number of Topliss-reactive ketones (excluding diaryl/α,β-unsaturated/α-hetero) is 1. The molecule has 2 heterocycles. The van der Waals surface area contributed by atoms with E-state index < -0.39 is 29.3 Å². The maximum Gasteiger partial charge on any atom is 0.301 e. The van der Waals surface area contributed by atoms with Crippen LogP contribution in [0.1, 0.15) is 22.9 Å². The summed E-state index contributed by atoms with van der Waals surface area (Å²) >= 11 is 5.88. The van der Waals surface area contributed by atoms with Crippen LogP contribution in [-0.2, 0) is 9.59 Å². The summed E-state index contributed by atoms with van der Waals surface area (Å²) in [5.41, 5.74) is 0.0658. The molecule has 8 heteroatoms. The standard InChI is InChI=1S/C21H14ClFN2O4/c1-11-10-16(24-29-11)25-18(14-4-2-3-5-15(14)23)17(20(27)21(25)28)19(26)12-6-8-13(22)9-7-12/h2-10,18,26H,1H3/t18-/m1/s1. The summed E-state index contributed by atoms with van der Waals surface area (Å²) in [5, 5.41) is 15.1. The Kier molecular flexibility index (Phi) is 4.68. The summed E-state index contributed by atoms with van der Waals surface area (Å²) in [5.74, 6) is -2.50. The van der Waals surface area contributed by atoms with Crippen LogP contribution in [0.5, 0.6) is 0 Å². The van der Waals surface area contributed by atoms with Crippen LogP contribution >= 0.6 is 11.6 Å². The maximum atomic E-state index is 14.7. The van der Waals surface area contributed by atoms with Crippen LogP contribution in [-0.4, -0.2) is 22.0 Å². The van der Waals surface area contributed by atoms with Crippen molar-refractivity contribution in [2.24, 2.45) is 0 Å². The number of aromatic nitrogens is 1. The zero-order valence-electron chi connectivity index (χ0n) is 15.1. The van der Waals surface area contributed by atoms with E-state index in [4.69, 9.17) is 16.1 Å². The van der Waals surface area contributed by atoms with Crippen LogP contribution in [0.2, 0.25) is 5.02 Å². The molecular formula is C21H14ClFN2O4. The minimum Gasteiger partial charge on any atom is -0.507 e. The molecule has 1 amide bonds. The molecule has 0 radical (unpaired) electrons. The van der Waals surface area contributed by atoms with E-state index in [0.29, 0.717) is 10.8 Å². The smallest absolute Gasteiger partial charge is 0.301 e. The molecular weight excluding hydrogens is 399 g/mol. The number of aliphatic hydroxyl groups excluding tert-OH is 1. The Morgan fingerprint density at radius 1 is 1.17 bits per heavy atom. The normalized spacial score (nSPS) is 18.4. The molecule has 1 aliphatic rings. The number of aliphatic hydroxyl groups is 1. The third kappa shape index (κ3) is 3.19. The molecule has 1 atom stereocenters. The summed E-state index contributed by atoms with van der Waals surface area (Å²) in [4.78, 5) is 26.7. The third-order valence-corrected chi connectivity index (χ3v) is 4.88. The van der Waals surface area contributed by atoms with Gasteiger partial charge in [-0.1, -0.05) is 35.0 Å². The highest BCUT2D eigenvalue weighted by molar-refractivity contribution is 6.51. The molecule has 0 unspecified atom stereocenters. The van der Waals surface area contributed by atoms with E-state index in [0.717, 1.165) is 4.90 Å². The number of rotatable bonds is 3. The maximum absolute atomic E-state index is 14.7. The second-order valence-electron chi connectivity index (χ2n) is 6.49. The van der Waals surface area contributed by atoms with Crippen LogP contribution < -0.4 is 4.90 Å². The number of hydrogen-bond acceptors (Lipinski definition) is 5. The lowest BCUT2D eigenvalue weighted by atomic mass is 9.95. The fourth-order valence-corrected chi connectivity index (χ4v) is 3.42. The zero-order valence-corrected chi connectivity index (χ0v) is 15.9. The Labute approximate surface area is 169 Å². The molecule has 2 aromatic carbocycles. The van der Waals surface area contributed by atoms with Gasteiger partial charge in [0.05, 0.1) is 11.6 Å². The molecule has 29 heavy (non-hydrogen) atoms. The van der Waals surface area contributed by atoms with Gasteiger partial charge in [-0.25, -0.2) is 4.39 Å². The van der Waals surface area contributed by atoms with Gasteiger partial charge in [0.2, 0.25) is 0 Å². The van der Waals surface area contributed by atoms with E-state index in [-0.39, 0.29) is 22.5 Å². The first-order chi connectivity index (χ1) is 13.9. The van der Waals surface area contributed by atoms with Crippen molar-refractivity contribution >= 4 is 34.9 Å². The summed E-state index contributed by atoms with van der Waals surface area (Å²) in [6, 6.07) is 12.1. The lowest BCUT2D eigenvalue weighted by molar-refractivity contribution is -0.132. The van der Waals surface area contributed by atoms with Crippen LogP contribution in [0.4, 0.5) is 10.2 Å². The minimum atomic E-state index is -1.21. The van der Waals surface area contributed by atoms with Crippen molar-refractivity contribution in [3.8, 4) is 0 Å². The average molecular weight is 413 g/mol. The Morgan fingerprint density at radius 2 is 1.86 bits per heavy atom. The highest BCUT2D eigenvalue weighted by Gasteiger charge is 2.48. The summed E-state index contributed by atoms with van der Waals surface area (Å²) in [6.07, 6.45) is 0. The van der Waals surface area contributed by atoms with Crippen LogP contribution in [0.25, 0.3) is 5.76 Å². The number of carbonyl (C=O) groups excluding carboxylic acids is 2. The van der Waals surface area contributed by atoms with E-state index >= 15 is 0 Å². The number of benzene rings is 2. The predicted molar refractivity (Wildman–Crippen MR) is 104 cm³/mol. The first-order valence-electron chi connectivity index (χ1n) is 8.63. The monoisotopic (exact) mass is 412 g/mol. The topological polar surface area (TPSA) is 83.6 Å². The van der Waals surface area contributed by atoms with Gasteiger partial charge in [0.1, 0.15) is 17.3 Å². The number of anilines is 1. The molecule has 1 aromatic heterocycles. The number of halogens is 2. The lowest BCUT2D eigenvalue weighted by Crippen LogP contribution is -2.30. The molecule has 1 aliphatic heterocycles. The average Bonchev–Trinajstić information content (AvgIpc) is 3.23. The lowest BCUT2D eigenvalue weighted by Gasteiger charge is -2.23. The van der Waals surface area contributed by atoms with Gasteiger partial charge < -0.3 is 9.63 Å². The van der Waals surface area contributed by atoms with Crippen molar-refractivity contribution in [1.82, 2.24) is 5.16 Å². The van der Waals surface area contributed by atoms with E-state index in [2.05, 4.69) is 5.16 Å². The van der Waals surface area contributed by atoms with Gasteiger partial charge in [-0.2, -0.15) is 0 Å². The molecule has 146 valence electrons. The Morgan fingerprint density at radius 3 is 2.48 bits per heavy atom. The van der Waals surface area contributed by atoms with Gasteiger partial charge in [0, 0.05) is 22.2 Å². The van der Waals surface area contributed by atoms with E-state index in [9.17, 15) is 19.1 Å². The van der Waals surface area contributed by atoms with E-state index in [1.807, 2.05) is 0 Å². The van der Waals surface area contributed by atoms with Gasteiger partial charge in [-0.05, 0) is 37.3 Å². The van der Waals surface area contributed by atoms with Crippen molar-refractivity contribution in [2.45, 2.75) is 13.0 Å². The zero-order chi connectivity index (χ0) is 20.7. The Balaban J connectivity index is 1.97. The van der Waals surface area contributed by atoms with Gasteiger partial charge >= 0.3 is 5.91 Å².